The number of rotatable bonds is 1. The molecule has 1 unspecified atom stereocenters. The fourth-order valence-electron chi connectivity index (χ4n) is 1.58. The highest BCUT2D eigenvalue weighted by atomic mass is 16.5. The summed E-state index contributed by atoms with van der Waals surface area (Å²) < 4.78 is 5.30. The van der Waals surface area contributed by atoms with Crippen molar-refractivity contribution in [2.45, 2.75) is 25.9 Å². The van der Waals surface area contributed by atoms with E-state index < -0.39 is 6.10 Å². The summed E-state index contributed by atoms with van der Waals surface area (Å²) >= 11 is 0. The van der Waals surface area contributed by atoms with Crippen LogP contribution in [0.15, 0.2) is 18.2 Å². The first-order valence-corrected chi connectivity index (χ1v) is 4.63. The van der Waals surface area contributed by atoms with Crippen molar-refractivity contribution in [1.29, 1.82) is 0 Å². The molecule has 0 spiro atoms. The van der Waals surface area contributed by atoms with Crippen LogP contribution in [0.4, 0.5) is 0 Å². The summed E-state index contributed by atoms with van der Waals surface area (Å²) in [5.74, 6) is 1.33. The van der Waals surface area contributed by atoms with Gasteiger partial charge in [-0.15, -0.1) is 0 Å². The summed E-state index contributed by atoms with van der Waals surface area (Å²) in [4.78, 5) is 0. The van der Waals surface area contributed by atoms with Crippen molar-refractivity contribution in [1.82, 2.24) is 0 Å². The number of hydrogen-bond acceptors (Lipinski definition) is 2. The third-order valence-corrected chi connectivity index (χ3v) is 2.46. The summed E-state index contributed by atoms with van der Waals surface area (Å²) in [7, 11) is 0. The molecule has 2 heteroatoms. The van der Waals surface area contributed by atoms with Gasteiger partial charge in [0.1, 0.15) is 18.5 Å². The molecule has 0 radical (unpaired) electrons. The van der Waals surface area contributed by atoms with Crippen molar-refractivity contribution in [3.63, 3.8) is 0 Å². The molecule has 13 heavy (non-hydrogen) atoms. The minimum atomic E-state index is -0.436. The van der Waals surface area contributed by atoms with Crippen LogP contribution >= 0.6 is 0 Å². The number of ether oxygens (including phenoxy) is 1. The summed E-state index contributed by atoms with van der Waals surface area (Å²) in [5.41, 5.74) is 2.19. The molecule has 1 aliphatic heterocycles. The van der Waals surface area contributed by atoms with Crippen LogP contribution in [0, 0.1) is 0 Å². The molecule has 1 heterocycles. The van der Waals surface area contributed by atoms with Crippen LogP contribution in [0.1, 0.15) is 37.0 Å². The standard InChI is InChI=1S/C11H14O2/c1-7(2)8-3-4-11-9(5-8)10(12)6-13-11/h3-5,7,10,12H,6H2,1-2H3. The van der Waals surface area contributed by atoms with Crippen LogP contribution in [0.25, 0.3) is 0 Å². The van der Waals surface area contributed by atoms with E-state index in [0.717, 1.165) is 11.3 Å². The van der Waals surface area contributed by atoms with E-state index in [2.05, 4.69) is 19.9 Å². The first kappa shape index (κ1) is 8.57. The van der Waals surface area contributed by atoms with E-state index in [1.165, 1.54) is 5.56 Å². The Labute approximate surface area is 78.2 Å². The smallest absolute Gasteiger partial charge is 0.125 e. The van der Waals surface area contributed by atoms with Gasteiger partial charge in [0, 0.05) is 5.56 Å². The average molecular weight is 178 g/mol. The predicted molar refractivity (Wildman–Crippen MR) is 51.0 cm³/mol. The highest BCUT2D eigenvalue weighted by Crippen LogP contribution is 2.34. The van der Waals surface area contributed by atoms with Crippen molar-refractivity contribution in [3.8, 4) is 5.75 Å². The molecule has 70 valence electrons. The number of benzene rings is 1. The quantitative estimate of drug-likeness (QED) is 0.714. The predicted octanol–water partition coefficient (Wildman–Crippen LogP) is 2.24. The molecule has 2 nitrogen and oxygen atoms in total. The van der Waals surface area contributed by atoms with E-state index in [-0.39, 0.29) is 0 Å². The maximum absolute atomic E-state index is 9.56. The van der Waals surface area contributed by atoms with Crippen molar-refractivity contribution in [3.05, 3.63) is 29.3 Å². The third kappa shape index (κ3) is 1.42. The molecular formula is C11H14O2. The van der Waals surface area contributed by atoms with Crippen LogP contribution in [0.5, 0.6) is 5.75 Å². The molecule has 0 saturated heterocycles. The second kappa shape index (κ2) is 3.04. The lowest BCUT2D eigenvalue weighted by molar-refractivity contribution is 0.140. The second-order valence-corrected chi connectivity index (χ2v) is 3.78. The Morgan fingerprint density at radius 2 is 2.23 bits per heavy atom. The Hall–Kier alpha value is -1.02. The van der Waals surface area contributed by atoms with Gasteiger partial charge in [-0.2, -0.15) is 0 Å². The monoisotopic (exact) mass is 178 g/mol. The van der Waals surface area contributed by atoms with Gasteiger partial charge in [0.15, 0.2) is 0 Å². The molecule has 1 aliphatic rings. The molecular weight excluding hydrogens is 164 g/mol. The molecule has 0 aromatic heterocycles. The molecule has 1 atom stereocenters. The zero-order valence-electron chi connectivity index (χ0n) is 7.95. The van der Waals surface area contributed by atoms with Crippen molar-refractivity contribution < 1.29 is 9.84 Å². The lowest BCUT2D eigenvalue weighted by atomic mass is 9.99. The topological polar surface area (TPSA) is 29.5 Å². The Kier molecular flexibility index (Phi) is 2.00. The fourth-order valence-corrected chi connectivity index (χ4v) is 1.58. The Morgan fingerprint density at radius 1 is 1.46 bits per heavy atom. The Bertz CT molecular complexity index is 318. The first-order valence-electron chi connectivity index (χ1n) is 4.63. The van der Waals surface area contributed by atoms with E-state index in [1.807, 2.05) is 12.1 Å². The van der Waals surface area contributed by atoms with Crippen LogP contribution < -0.4 is 4.74 Å². The molecule has 0 fully saturated rings. The van der Waals surface area contributed by atoms with Gasteiger partial charge in [-0.05, 0) is 23.6 Å². The number of aliphatic hydroxyl groups is 1. The molecule has 0 amide bonds. The van der Waals surface area contributed by atoms with Crippen LogP contribution in [-0.2, 0) is 0 Å². The van der Waals surface area contributed by atoms with E-state index in [0.29, 0.717) is 12.5 Å². The molecule has 1 aromatic rings. The zero-order valence-corrected chi connectivity index (χ0v) is 7.95. The van der Waals surface area contributed by atoms with Gasteiger partial charge in [0.2, 0.25) is 0 Å². The zero-order chi connectivity index (χ0) is 9.42. The molecule has 0 aliphatic carbocycles. The van der Waals surface area contributed by atoms with E-state index >= 15 is 0 Å². The number of aliphatic hydroxyl groups excluding tert-OH is 1. The van der Waals surface area contributed by atoms with Gasteiger partial charge in [0.05, 0.1) is 0 Å². The van der Waals surface area contributed by atoms with E-state index in [9.17, 15) is 5.11 Å². The van der Waals surface area contributed by atoms with Gasteiger partial charge >= 0.3 is 0 Å². The average Bonchev–Trinajstić information content (AvgIpc) is 2.47. The molecule has 1 N–H and O–H groups in total. The van der Waals surface area contributed by atoms with Gasteiger partial charge in [-0.25, -0.2) is 0 Å². The van der Waals surface area contributed by atoms with Crippen LogP contribution in [0.2, 0.25) is 0 Å². The summed E-state index contributed by atoms with van der Waals surface area (Å²) in [6.07, 6.45) is -0.436. The fraction of sp³-hybridized carbons (Fsp3) is 0.455. The number of fused-ring (bicyclic) bond motifs is 1. The van der Waals surface area contributed by atoms with Crippen LogP contribution in [-0.4, -0.2) is 11.7 Å². The Morgan fingerprint density at radius 3 is 2.92 bits per heavy atom. The number of hydrogen-bond donors (Lipinski definition) is 1. The third-order valence-electron chi connectivity index (χ3n) is 2.46. The van der Waals surface area contributed by atoms with Gasteiger partial charge in [-0.1, -0.05) is 19.9 Å². The van der Waals surface area contributed by atoms with Crippen molar-refractivity contribution in [2.75, 3.05) is 6.61 Å². The van der Waals surface area contributed by atoms with Gasteiger partial charge in [-0.3, -0.25) is 0 Å². The first-order chi connectivity index (χ1) is 6.18. The highest BCUT2D eigenvalue weighted by Gasteiger charge is 2.22. The van der Waals surface area contributed by atoms with Crippen LogP contribution in [0.3, 0.4) is 0 Å². The van der Waals surface area contributed by atoms with Crippen molar-refractivity contribution >= 4 is 0 Å². The minimum Gasteiger partial charge on any atom is -0.490 e. The summed E-state index contributed by atoms with van der Waals surface area (Å²) in [5, 5.41) is 9.56. The van der Waals surface area contributed by atoms with Crippen molar-refractivity contribution in [2.24, 2.45) is 0 Å². The van der Waals surface area contributed by atoms with E-state index in [4.69, 9.17) is 4.74 Å². The minimum absolute atomic E-state index is 0.400. The SMILES string of the molecule is CC(C)c1ccc2c(c1)C(O)CO2. The largest absolute Gasteiger partial charge is 0.490 e. The van der Waals surface area contributed by atoms with E-state index in [1.54, 1.807) is 0 Å². The lowest BCUT2D eigenvalue weighted by Gasteiger charge is -2.07. The maximum Gasteiger partial charge on any atom is 0.125 e. The molecule has 0 saturated carbocycles. The molecule has 2 rings (SSSR count). The summed E-state index contributed by atoms with van der Waals surface area (Å²) in [6, 6.07) is 6.04. The van der Waals surface area contributed by atoms with Gasteiger partial charge < -0.3 is 9.84 Å². The Balaban J connectivity index is 2.42. The molecule has 0 bridgehead atoms. The highest BCUT2D eigenvalue weighted by molar-refractivity contribution is 5.42. The molecule has 1 aromatic carbocycles. The second-order valence-electron chi connectivity index (χ2n) is 3.78. The lowest BCUT2D eigenvalue weighted by Crippen LogP contribution is -1.97. The maximum atomic E-state index is 9.56. The van der Waals surface area contributed by atoms with Gasteiger partial charge in [0.25, 0.3) is 0 Å². The summed E-state index contributed by atoms with van der Waals surface area (Å²) in [6.45, 7) is 4.69. The normalized spacial score (nSPS) is 20.2.